The van der Waals surface area contributed by atoms with Gasteiger partial charge in [-0.25, -0.2) is 9.97 Å². The minimum absolute atomic E-state index is 0.267. The van der Waals surface area contributed by atoms with Crippen molar-refractivity contribution >= 4 is 27.4 Å². The maximum atomic E-state index is 4.49. The molecule has 1 atom stereocenters. The molecule has 0 unspecified atom stereocenters. The molecule has 108 valence electrons. The fourth-order valence-electron chi connectivity index (χ4n) is 2.74. The normalized spacial score (nSPS) is 12.6. The molecule has 0 aliphatic rings. The van der Waals surface area contributed by atoms with Crippen LogP contribution < -0.4 is 4.90 Å². The van der Waals surface area contributed by atoms with E-state index in [1.165, 1.54) is 16.7 Å². The van der Waals surface area contributed by atoms with Crippen molar-refractivity contribution in [1.29, 1.82) is 0 Å². The molecule has 0 bridgehead atoms. The number of hydrogen-bond acceptors (Lipinski definition) is 4. The molecule has 0 saturated heterocycles. The van der Waals surface area contributed by atoms with E-state index in [-0.39, 0.29) is 6.04 Å². The van der Waals surface area contributed by atoms with Crippen LogP contribution in [0.5, 0.6) is 0 Å². The zero-order chi connectivity index (χ0) is 15.0. The maximum absolute atomic E-state index is 4.49. The fraction of sp³-hybridized carbons (Fsp3) is 0.294. The monoisotopic (exact) mass is 297 g/mol. The summed E-state index contributed by atoms with van der Waals surface area (Å²) in [6.45, 7) is 6.52. The van der Waals surface area contributed by atoms with E-state index >= 15 is 0 Å². The van der Waals surface area contributed by atoms with Gasteiger partial charge < -0.3 is 4.90 Å². The second kappa shape index (κ2) is 5.45. The first kappa shape index (κ1) is 14.0. The van der Waals surface area contributed by atoms with Crippen LogP contribution in [0.4, 0.5) is 5.82 Å². The molecule has 3 rings (SSSR count). The van der Waals surface area contributed by atoms with Gasteiger partial charge in [0.1, 0.15) is 17.0 Å². The smallest absolute Gasteiger partial charge is 0.141 e. The third-order valence-corrected chi connectivity index (χ3v) is 4.85. The molecule has 4 heteroatoms. The first-order valence-corrected chi connectivity index (χ1v) is 7.94. The topological polar surface area (TPSA) is 29.0 Å². The molecule has 21 heavy (non-hydrogen) atoms. The van der Waals surface area contributed by atoms with E-state index in [9.17, 15) is 0 Å². The van der Waals surface area contributed by atoms with Gasteiger partial charge in [0.15, 0.2) is 0 Å². The Morgan fingerprint density at radius 2 is 1.95 bits per heavy atom. The minimum Gasteiger partial charge on any atom is -0.352 e. The van der Waals surface area contributed by atoms with Gasteiger partial charge in [-0.2, -0.15) is 0 Å². The van der Waals surface area contributed by atoms with Crippen molar-refractivity contribution in [3.8, 4) is 0 Å². The van der Waals surface area contributed by atoms with E-state index in [1.807, 2.05) is 0 Å². The Balaban J connectivity index is 2.01. The molecule has 2 heterocycles. The van der Waals surface area contributed by atoms with Crippen LogP contribution in [0.2, 0.25) is 0 Å². The highest BCUT2D eigenvalue weighted by molar-refractivity contribution is 7.16. The van der Waals surface area contributed by atoms with Crippen LogP contribution in [-0.4, -0.2) is 17.0 Å². The van der Waals surface area contributed by atoms with E-state index in [1.54, 1.807) is 17.7 Å². The summed E-state index contributed by atoms with van der Waals surface area (Å²) in [5, 5.41) is 3.19. The van der Waals surface area contributed by atoms with Crippen LogP contribution in [-0.2, 0) is 0 Å². The molecule has 1 aromatic carbocycles. The average Bonchev–Trinajstić information content (AvgIpc) is 2.94. The van der Waals surface area contributed by atoms with E-state index in [0.717, 1.165) is 16.0 Å². The molecule has 0 radical (unpaired) electrons. The van der Waals surface area contributed by atoms with Crippen molar-refractivity contribution in [3.05, 3.63) is 52.7 Å². The van der Waals surface area contributed by atoms with Crippen LogP contribution >= 0.6 is 11.3 Å². The van der Waals surface area contributed by atoms with E-state index in [4.69, 9.17) is 0 Å². The SMILES string of the molecule is Cc1ccc([C@@H](C)N(C)c2ncnc3sccc23)c(C)c1. The second-order valence-corrected chi connectivity index (χ2v) is 6.38. The molecular weight excluding hydrogens is 278 g/mol. The van der Waals surface area contributed by atoms with E-state index < -0.39 is 0 Å². The van der Waals surface area contributed by atoms with Crippen molar-refractivity contribution in [2.24, 2.45) is 0 Å². The predicted molar refractivity (Wildman–Crippen MR) is 90.1 cm³/mol. The maximum Gasteiger partial charge on any atom is 0.141 e. The summed E-state index contributed by atoms with van der Waals surface area (Å²) in [4.78, 5) is 12.1. The van der Waals surface area contributed by atoms with Crippen molar-refractivity contribution in [2.75, 3.05) is 11.9 Å². The number of hydrogen-bond donors (Lipinski definition) is 0. The highest BCUT2D eigenvalue weighted by Crippen LogP contribution is 2.32. The Hall–Kier alpha value is -1.94. The zero-order valence-corrected chi connectivity index (χ0v) is 13.6. The summed E-state index contributed by atoms with van der Waals surface area (Å²) < 4.78 is 0. The summed E-state index contributed by atoms with van der Waals surface area (Å²) in [5.41, 5.74) is 3.96. The van der Waals surface area contributed by atoms with Gasteiger partial charge in [-0.15, -0.1) is 11.3 Å². The Morgan fingerprint density at radius 3 is 2.71 bits per heavy atom. The third kappa shape index (κ3) is 2.51. The zero-order valence-electron chi connectivity index (χ0n) is 12.8. The van der Waals surface area contributed by atoms with Crippen LogP contribution in [0.25, 0.3) is 10.2 Å². The van der Waals surface area contributed by atoms with Gasteiger partial charge in [-0.3, -0.25) is 0 Å². The number of aromatic nitrogens is 2. The summed E-state index contributed by atoms with van der Waals surface area (Å²) in [6.07, 6.45) is 1.65. The van der Waals surface area contributed by atoms with E-state index in [2.05, 4.69) is 72.3 Å². The highest BCUT2D eigenvalue weighted by Gasteiger charge is 2.18. The lowest BCUT2D eigenvalue weighted by Gasteiger charge is -2.28. The number of nitrogens with zero attached hydrogens (tertiary/aromatic N) is 3. The number of fused-ring (bicyclic) bond motifs is 1. The second-order valence-electron chi connectivity index (χ2n) is 5.48. The Kier molecular flexibility index (Phi) is 3.64. The van der Waals surface area contributed by atoms with Crippen LogP contribution in [0.15, 0.2) is 36.0 Å². The van der Waals surface area contributed by atoms with Gasteiger partial charge in [0.2, 0.25) is 0 Å². The molecule has 2 aromatic heterocycles. The Bertz CT molecular complexity index is 779. The van der Waals surface area contributed by atoms with Crippen molar-refractivity contribution in [1.82, 2.24) is 9.97 Å². The van der Waals surface area contributed by atoms with Crippen LogP contribution in [0.3, 0.4) is 0 Å². The minimum atomic E-state index is 0.267. The van der Waals surface area contributed by atoms with Gasteiger partial charge in [0.25, 0.3) is 0 Å². The predicted octanol–water partition coefficient (Wildman–Crippen LogP) is 4.51. The van der Waals surface area contributed by atoms with Crippen molar-refractivity contribution in [3.63, 3.8) is 0 Å². The molecule has 3 nitrogen and oxygen atoms in total. The third-order valence-electron chi connectivity index (χ3n) is 4.03. The van der Waals surface area contributed by atoms with Crippen LogP contribution in [0, 0.1) is 13.8 Å². The Morgan fingerprint density at radius 1 is 1.14 bits per heavy atom. The molecule has 0 saturated carbocycles. The van der Waals surface area contributed by atoms with Gasteiger partial charge in [-0.1, -0.05) is 23.8 Å². The molecule has 0 N–H and O–H groups in total. The Labute approximate surface area is 129 Å². The average molecular weight is 297 g/mol. The summed E-state index contributed by atoms with van der Waals surface area (Å²) >= 11 is 1.65. The first-order valence-electron chi connectivity index (χ1n) is 7.06. The number of rotatable bonds is 3. The lowest BCUT2D eigenvalue weighted by Crippen LogP contribution is -2.23. The molecule has 0 aliphatic heterocycles. The molecule has 0 spiro atoms. The van der Waals surface area contributed by atoms with Crippen molar-refractivity contribution in [2.45, 2.75) is 26.8 Å². The van der Waals surface area contributed by atoms with E-state index in [0.29, 0.717) is 0 Å². The molecule has 0 amide bonds. The highest BCUT2D eigenvalue weighted by atomic mass is 32.1. The fourth-order valence-corrected chi connectivity index (χ4v) is 3.47. The molecular formula is C17H19N3S. The summed E-state index contributed by atoms with van der Waals surface area (Å²) in [6, 6.07) is 8.99. The van der Waals surface area contributed by atoms with Gasteiger partial charge in [-0.05, 0) is 43.3 Å². The molecule has 0 fully saturated rings. The number of aryl methyl sites for hydroxylation is 2. The lowest BCUT2D eigenvalue weighted by atomic mass is 9.99. The lowest BCUT2D eigenvalue weighted by molar-refractivity contribution is 0.726. The van der Waals surface area contributed by atoms with Crippen molar-refractivity contribution < 1.29 is 0 Å². The molecule has 3 aromatic rings. The summed E-state index contributed by atoms with van der Waals surface area (Å²) in [7, 11) is 2.10. The van der Waals surface area contributed by atoms with Gasteiger partial charge >= 0.3 is 0 Å². The van der Waals surface area contributed by atoms with Gasteiger partial charge in [0.05, 0.1) is 11.4 Å². The first-order chi connectivity index (χ1) is 10.1. The standard InChI is InChI=1S/C17H19N3S/c1-11-5-6-14(12(2)9-11)13(3)20(4)16-15-7-8-21-17(15)19-10-18-16/h5-10,13H,1-4H3/t13-/m1/s1. The number of thiophene rings is 1. The number of anilines is 1. The quantitative estimate of drug-likeness (QED) is 0.712. The van der Waals surface area contributed by atoms with Gasteiger partial charge in [0, 0.05) is 7.05 Å². The summed E-state index contributed by atoms with van der Waals surface area (Å²) in [5.74, 6) is 0.994. The largest absolute Gasteiger partial charge is 0.352 e. The number of benzene rings is 1. The van der Waals surface area contributed by atoms with Crippen LogP contribution in [0.1, 0.15) is 29.7 Å². The molecule has 0 aliphatic carbocycles.